The summed E-state index contributed by atoms with van der Waals surface area (Å²) < 4.78 is 2.07. The van der Waals surface area contributed by atoms with Crippen LogP contribution in [0.15, 0.2) is 24.5 Å². The normalized spacial score (nSPS) is 13.6. The molecule has 0 aliphatic rings. The van der Waals surface area contributed by atoms with Crippen LogP contribution in [0.1, 0.15) is 6.92 Å². The van der Waals surface area contributed by atoms with Crippen LogP contribution in [0.5, 0.6) is 0 Å². The summed E-state index contributed by atoms with van der Waals surface area (Å²) in [5.74, 6) is 0. The summed E-state index contributed by atoms with van der Waals surface area (Å²) in [6.07, 6.45) is 4.03. The second-order valence-corrected chi connectivity index (χ2v) is 2.36. The van der Waals surface area contributed by atoms with Crippen LogP contribution in [0.2, 0.25) is 0 Å². The zero-order valence-electron chi connectivity index (χ0n) is 5.62. The fraction of sp³-hybridized carbons (Fsp3) is 0.429. The van der Waals surface area contributed by atoms with Gasteiger partial charge in [-0.15, -0.1) is 0 Å². The molecule has 0 amide bonds. The highest BCUT2D eigenvalue weighted by Gasteiger charge is 1.91. The third-order valence-electron chi connectivity index (χ3n) is 1.16. The molecule has 0 saturated heterocycles. The maximum atomic E-state index is 5.56. The van der Waals surface area contributed by atoms with Crippen LogP contribution in [0.3, 0.4) is 0 Å². The molecule has 0 radical (unpaired) electrons. The van der Waals surface area contributed by atoms with Gasteiger partial charge in [0.1, 0.15) is 0 Å². The first kappa shape index (κ1) is 6.36. The largest absolute Gasteiger partial charge is 0.353 e. The zero-order valence-corrected chi connectivity index (χ0v) is 5.62. The lowest BCUT2D eigenvalue weighted by Gasteiger charge is -2.04. The third kappa shape index (κ3) is 1.90. The molecule has 1 heterocycles. The van der Waals surface area contributed by atoms with Crippen molar-refractivity contribution in [3.8, 4) is 0 Å². The van der Waals surface area contributed by atoms with Gasteiger partial charge in [0, 0.05) is 25.0 Å². The molecule has 2 heteroatoms. The van der Waals surface area contributed by atoms with Crippen molar-refractivity contribution < 1.29 is 0 Å². The summed E-state index contributed by atoms with van der Waals surface area (Å²) in [5.41, 5.74) is 5.56. The second-order valence-electron chi connectivity index (χ2n) is 2.36. The molecule has 0 bridgehead atoms. The molecule has 2 nitrogen and oxygen atoms in total. The fourth-order valence-electron chi connectivity index (χ4n) is 0.824. The number of hydrogen-bond acceptors (Lipinski definition) is 1. The molecule has 0 aliphatic carbocycles. The van der Waals surface area contributed by atoms with E-state index in [9.17, 15) is 0 Å². The van der Waals surface area contributed by atoms with Crippen molar-refractivity contribution in [3.05, 3.63) is 24.5 Å². The first-order chi connectivity index (χ1) is 4.29. The minimum atomic E-state index is 0.248. The van der Waals surface area contributed by atoms with E-state index >= 15 is 0 Å². The standard InChI is InChI=1S/C7H12N2/c1-7(8)6-9-4-2-3-5-9/h2-5,7H,6,8H2,1H3/t7-/m0/s1. The lowest BCUT2D eigenvalue weighted by atomic mass is 10.4. The Bertz CT molecular complexity index is 153. The number of aromatic nitrogens is 1. The highest BCUT2D eigenvalue weighted by Crippen LogP contribution is 1.90. The number of hydrogen-bond donors (Lipinski definition) is 1. The van der Waals surface area contributed by atoms with E-state index in [1.54, 1.807) is 0 Å². The van der Waals surface area contributed by atoms with Gasteiger partial charge in [0.15, 0.2) is 0 Å². The first-order valence-corrected chi connectivity index (χ1v) is 3.15. The molecule has 9 heavy (non-hydrogen) atoms. The van der Waals surface area contributed by atoms with Crippen LogP contribution >= 0.6 is 0 Å². The van der Waals surface area contributed by atoms with Crippen LogP contribution in [-0.2, 0) is 6.54 Å². The van der Waals surface area contributed by atoms with Gasteiger partial charge < -0.3 is 10.3 Å². The molecule has 2 N–H and O–H groups in total. The predicted molar refractivity (Wildman–Crippen MR) is 38.1 cm³/mol. The maximum Gasteiger partial charge on any atom is 0.0368 e. The lowest BCUT2D eigenvalue weighted by molar-refractivity contribution is 0.592. The Hall–Kier alpha value is -0.760. The summed E-state index contributed by atoms with van der Waals surface area (Å²) in [5, 5.41) is 0. The smallest absolute Gasteiger partial charge is 0.0368 e. The summed E-state index contributed by atoms with van der Waals surface area (Å²) >= 11 is 0. The minimum Gasteiger partial charge on any atom is -0.353 e. The maximum absolute atomic E-state index is 5.56. The monoisotopic (exact) mass is 124 g/mol. The zero-order chi connectivity index (χ0) is 6.69. The number of nitrogens with zero attached hydrogens (tertiary/aromatic N) is 1. The van der Waals surface area contributed by atoms with Crippen molar-refractivity contribution in [2.45, 2.75) is 19.5 Å². The Morgan fingerprint density at radius 2 is 2.00 bits per heavy atom. The van der Waals surface area contributed by atoms with Gasteiger partial charge in [-0.3, -0.25) is 0 Å². The Morgan fingerprint density at radius 3 is 2.44 bits per heavy atom. The quantitative estimate of drug-likeness (QED) is 0.622. The number of rotatable bonds is 2. The molecule has 0 fully saturated rings. The van der Waals surface area contributed by atoms with E-state index in [1.165, 1.54) is 0 Å². The number of nitrogens with two attached hydrogens (primary N) is 1. The molecule has 0 unspecified atom stereocenters. The van der Waals surface area contributed by atoms with Crippen LogP contribution < -0.4 is 5.73 Å². The minimum absolute atomic E-state index is 0.248. The summed E-state index contributed by atoms with van der Waals surface area (Å²) in [7, 11) is 0. The molecule has 0 aliphatic heterocycles. The Kier molecular flexibility index (Phi) is 1.90. The highest BCUT2D eigenvalue weighted by molar-refractivity contribution is 4.90. The average molecular weight is 124 g/mol. The molecule has 1 aromatic rings. The van der Waals surface area contributed by atoms with Crippen molar-refractivity contribution in [1.29, 1.82) is 0 Å². The van der Waals surface area contributed by atoms with Crippen molar-refractivity contribution in [1.82, 2.24) is 4.57 Å². The first-order valence-electron chi connectivity index (χ1n) is 3.15. The molecule has 1 aromatic heterocycles. The summed E-state index contributed by atoms with van der Waals surface area (Å²) in [6, 6.07) is 4.25. The second kappa shape index (κ2) is 2.69. The molecular formula is C7H12N2. The topological polar surface area (TPSA) is 30.9 Å². The molecule has 50 valence electrons. The van der Waals surface area contributed by atoms with Crippen LogP contribution in [0.25, 0.3) is 0 Å². The van der Waals surface area contributed by atoms with Gasteiger partial charge in [-0.05, 0) is 19.1 Å². The van der Waals surface area contributed by atoms with Crippen molar-refractivity contribution in [3.63, 3.8) is 0 Å². The van der Waals surface area contributed by atoms with Gasteiger partial charge in [0.05, 0.1) is 0 Å². The summed E-state index contributed by atoms with van der Waals surface area (Å²) in [6.45, 7) is 2.91. The third-order valence-corrected chi connectivity index (χ3v) is 1.16. The molecular weight excluding hydrogens is 112 g/mol. The summed E-state index contributed by atoms with van der Waals surface area (Å²) in [4.78, 5) is 0. The van der Waals surface area contributed by atoms with E-state index < -0.39 is 0 Å². The van der Waals surface area contributed by atoms with Gasteiger partial charge in [0.25, 0.3) is 0 Å². The van der Waals surface area contributed by atoms with E-state index in [1.807, 2.05) is 31.5 Å². The molecule has 1 rings (SSSR count). The van der Waals surface area contributed by atoms with Crippen molar-refractivity contribution in [2.24, 2.45) is 5.73 Å². The lowest BCUT2D eigenvalue weighted by Crippen LogP contribution is -2.21. The van der Waals surface area contributed by atoms with Gasteiger partial charge in [-0.2, -0.15) is 0 Å². The van der Waals surface area contributed by atoms with Crippen LogP contribution in [0, 0.1) is 0 Å². The van der Waals surface area contributed by atoms with E-state index in [4.69, 9.17) is 5.73 Å². The van der Waals surface area contributed by atoms with E-state index in [2.05, 4.69) is 4.57 Å². The van der Waals surface area contributed by atoms with Gasteiger partial charge in [0.2, 0.25) is 0 Å². The van der Waals surface area contributed by atoms with E-state index in [-0.39, 0.29) is 6.04 Å². The molecule has 0 spiro atoms. The van der Waals surface area contributed by atoms with E-state index in [0.717, 1.165) is 6.54 Å². The molecule has 0 saturated carbocycles. The van der Waals surface area contributed by atoms with Gasteiger partial charge in [-0.25, -0.2) is 0 Å². The molecule has 1 atom stereocenters. The SMILES string of the molecule is C[C@H](N)Cn1cccc1. The fourth-order valence-corrected chi connectivity index (χ4v) is 0.824. The van der Waals surface area contributed by atoms with Crippen LogP contribution in [-0.4, -0.2) is 10.6 Å². The van der Waals surface area contributed by atoms with Crippen molar-refractivity contribution in [2.75, 3.05) is 0 Å². The molecule has 0 aromatic carbocycles. The Balaban J connectivity index is 2.48. The Labute approximate surface area is 55.3 Å². The Morgan fingerprint density at radius 1 is 1.44 bits per heavy atom. The van der Waals surface area contributed by atoms with E-state index in [0.29, 0.717) is 0 Å². The average Bonchev–Trinajstić information content (AvgIpc) is 2.15. The van der Waals surface area contributed by atoms with Gasteiger partial charge in [-0.1, -0.05) is 0 Å². The predicted octanol–water partition coefficient (Wildman–Crippen LogP) is 0.835. The van der Waals surface area contributed by atoms with Gasteiger partial charge >= 0.3 is 0 Å². The van der Waals surface area contributed by atoms with Crippen LogP contribution in [0.4, 0.5) is 0 Å². The van der Waals surface area contributed by atoms with Crippen molar-refractivity contribution >= 4 is 0 Å². The highest BCUT2D eigenvalue weighted by atomic mass is 15.0.